The Hall–Kier alpha value is -2.45. The quantitative estimate of drug-likeness (QED) is 0.592. The molecule has 0 amide bonds. The Labute approximate surface area is 125 Å². The first kappa shape index (κ1) is 13.5. The van der Waals surface area contributed by atoms with Crippen molar-refractivity contribution >= 4 is 27.4 Å². The molecular weight excluding hydrogens is 285 g/mol. The Kier molecular flexibility index (Phi) is 4.08. The maximum Gasteiger partial charge on any atom is 0.138 e. The number of hydrogen-bond donors (Lipinski definition) is 1. The average molecular weight is 297 g/mol. The zero-order chi connectivity index (χ0) is 14.5. The predicted molar refractivity (Wildman–Crippen MR) is 83.8 cm³/mol. The van der Waals surface area contributed by atoms with E-state index in [0.29, 0.717) is 18.5 Å². The lowest BCUT2D eigenvalue weighted by Gasteiger charge is -2.03. The predicted octanol–water partition coefficient (Wildman–Crippen LogP) is 3.68. The number of thiophene rings is 1. The highest BCUT2D eigenvalue weighted by atomic mass is 32.1. The maximum absolute atomic E-state index is 13.0. The van der Waals surface area contributed by atoms with E-state index < -0.39 is 0 Å². The minimum absolute atomic E-state index is 0.263. The lowest BCUT2D eigenvalue weighted by molar-refractivity contribution is 0.627. The van der Waals surface area contributed by atoms with Crippen LogP contribution in [0.1, 0.15) is 12.0 Å². The number of anilines is 1. The number of halogens is 1. The van der Waals surface area contributed by atoms with Crippen molar-refractivity contribution in [3.63, 3.8) is 0 Å². The van der Waals surface area contributed by atoms with E-state index in [2.05, 4.69) is 27.1 Å². The molecule has 104 valence electrons. The SMILES string of the molecule is Fc1cccc(C#CCCNc2ncnc3sccc23)c1. The molecule has 0 aliphatic carbocycles. The second-order valence-electron chi connectivity index (χ2n) is 4.35. The molecular formula is C16H12FN3S. The van der Waals surface area contributed by atoms with Crippen LogP contribution in [0.25, 0.3) is 10.2 Å². The summed E-state index contributed by atoms with van der Waals surface area (Å²) in [6, 6.07) is 8.29. The molecule has 0 saturated heterocycles. The molecule has 5 heteroatoms. The summed E-state index contributed by atoms with van der Waals surface area (Å²) in [5.74, 6) is 6.53. The van der Waals surface area contributed by atoms with Gasteiger partial charge in [-0.3, -0.25) is 0 Å². The number of nitrogens with zero attached hydrogens (tertiary/aromatic N) is 2. The van der Waals surface area contributed by atoms with Gasteiger partial charge in [-0.05, 0) is 29.6 Å². The molecule has 2 heterocycles. The molecule has 3 aromatic rings. The van der Waals surface area contributed by atoms with Gasteiger partial charge in [-0.25, -0.2) is 14.4 Å². The van der Waals surface area contributed by atoms with Crippen LogP contribution in [0.2, 0.25) is 0 Å². The largest absolute Gasteiger partial charge is 0.368 e. The monoisotopic (exact) mass is 297 g/mol. The van der Waals surface area contributed by atoms with Crippen LogP contribution in [0.3, 0.4) is 0 Å². The highest BCUT2D eigenvalue weighted by Crippen LogP contribution is 2.23. The van der Waals surface area contributed by atoms with Crippen LogP contribution in [-0.2, 0) is 0 Å². The first-order valence-electron chi connectivity index (χ1n) is 6.49. The van der Waals surface area contributed by atoms with Crippen molar-refractivity contribution < 1.29 is 4.39 Å². The van der Waals surface area contributed by atoms with E-state index in [-0.39, 0.29) is 5.82 Å². The minimum Gasteiger partial charge on any atom is -0.368 e. The van der Waals surface area contributed by atoms with Gasteiger partial charge in [-0.2, -0.15) is 0 Å². The summed E-state index contributed by atoms with van der Waals surface area (Å²) in [6.45, 7) is 0.685. The van der Waals surface area contributed by atoms with Gasteiger partial charge in [-0.15, -0.1) is 11.3 Å². The third-order valence-electron chi connectivity index (χ3n) is 2.86. The number of nitrogens with one attached hydrogen (secondary N) is 1. The first-order valence-corrected chi connectivity index (χ1v) is 7.37. The van der Waals surface area contributed by atoms with Gasteiger partial charge in [0.2, 0.25) is 0 Å². The fraction of sp³-hybridized carbons (Fsp3) is 0.125. The van der Waals surface area contributed by atoms with Gasteiger partial charge in [0.15, 0.2) is 0 Å². The third kappa shape index (κ3) is 3.36. The number of fused-ring (bicyclic) bond motifs is 1. The van der Waals surface area contributed by atoms with Crippen LogP contribution >= 0.6 is 11.3 Å². The molecule has 0 aliphatic heterocycles. The van der Waals surface area contributed by atoms with Gasteiger partial charge < -0.3 is 5.32 Å². The molecule has 0 spiro atoms. The number of aromatic nitrogens is 2. The second-order valence-corrected chi connectivity index (χ2v) is 5.25. The van der Waals surface area contributed by atoms with Crippen molar-refractivity contribution in [2.45, 2.75) is 6.42 Å². The van der Waals surface area contributed by atoms with E-state index >= 15 is 0 Å². The fourth-order valence-electron chi connectivity index (χ4n) is 1.91. The highest BCUT2D eigenvalue weighted by molar-refractivity contribution is 7.16. The number of benzene rings is 1. The van der Waals surface area contributed by atoms with Crippen molar-refractivity contribution in [3.8, 4) is 11.8 Å². The van der Waals surface area contributed by atoms with Crippen molar-refractivity contribution in [1.82, 2.24) is 9.97 Å². The first-order chi connectivity index (χ1) is 10.3. The zero-order valence-corrected chi connectivity index (χ0v) is 12.0. The van der Waals surface area contributed by atoms with Crippen molar-refractivity contribution in [1.29, 1.82) is 0 Å². The average Bonchev–Trinajstić information content (AvgIpc) is 2.96. The van der Waals surface area contributed by atoms with E-state index in [0.717, 1.165) is 16.0 Å². The molecule has 0 saturated carbocycles. The van der Waals surface area contributed by atoms with Crippen LogP contribution < -0.4 is 5.32 Å². The molecule has 2 aromatic heterocycles. The second kappa shape index (κ2) is 6.33. The maximum atomic E-state index is 13.0. The molecule has 21 heavy (non-hydrogen) atoms. The molecule has 0 aliphatic rings. The summed E-state index contributed by atoms with van der Waals surface area (Å²) in [5.41, 5.74) is 0.692. The summed E-state index contributed by atoms with van der Waals surface area (Å²) >= 11 is 1.59. The topological polar surface area (TPSA) is 37.8 Å². The smallest absolute Gasteiger partial charge is 0.138 e. The molecule has 0 unspecified atom stereocenters. The van der Waals surface area contributed by atoms with Gasteiger partial charge in [0, 0.05) is 18.5 Å². The molecule has 0 fully saturated rings. The Morgan fingerprint density at radius 1 is 1.24 bits per heavy atom. The van der Waals surface area contributed by atoms with Crippen LogP contribution in [0.5, 0.6) is 0 Å². The van der Waals surface area contributed by atoms with Crippen molar-refractivity contribution in [2.24, 2.45) is 0 Å². The summed E-state index contributed by atoms with van der Waals surface area (Å²) in [5, 5.41) is 6.27. The lowest BCUT2D eigenvalue weighted by Crippen LogP contribution is -2.02. The minimum atomic E-state index is -0.263. The molecule has 1 aromatic carbocycles. The highest BCUT2D eigenvalue weighted by Gasteiger charge is 2.02. The lowest BCUT2D eigenvalue weighted by atomic mass is 10.2. The summed E-state index contributed by atoms with van der Waals surface area (Å²) in [7, 11) is 0. The van der Waals surface area contributed by atoms with Crippen molar-refractivity contribution in [3.05, 3.63) is 53.4 Å². The van der Waals surface area contributed by atoms with Crippen LogP contribution in [0, 0.1) is 17.7 Å². The van der Waals surface area contributed by atoms with Crippen LogP contribution in [0.15, 0.2) is 42.0 Å². The molecule has 1 N–H and O–H groups in total. The van der Waals surface area contributed by atoms with E-state index in [1.165, 1.54) is 12.1 Å². The summed E-state index contributed by atoms with van der Waals surface area (Å²) < 4.78 is 13.0. The van der Waals surface area contributed by atoms with E-state index in [1.54, 1.807) is 29.8 Å². The zero-order valence-electron chi connectivity index (χ0n) is 11.1. The van der Waals surface area contributed by atoms with Gasteiger partial charge >= 0.3 is 0 Å². The Bertz CT molecular complexity index is 817. The summed E-state index contributed by atoms with van der Waals surface area (Å²) in [6.07, 6.45) is 2.21. The van der Waals surface area contributed by atoms with E-state index in [4.69, 9.17) is 0 Å². The van der Waals surface area contributed by atoms with Gasteiger partial charge in [-0.1, -0.05) is 17.9 Å². The standard InChI is InChI=1S/C16H12FN3S/c17-13-6-3-5-12(10-13)4-1-2-8-18-15-14-7-9-21-16(14)20-11-19-15/h3,5-7,9-11H,2,8H2,(H,18,19,20). The fourth-order valence-corrected chi connectivity index (χ4v) is 2.64. The van der Waals surface area contributed by atoms with Crippen LogP contribution in [0.4, 0.5) is 10.2 Å². The molecule has 0 radical (unpaired) electrons. The van der Waals surface area contributed by atoms with Gasteiger partial charge in [0.05, 0.1) is 5.39 Å². The van der Waals surface area contributed by atoms with E-state index in [9.17, 15) is 4.39 Å². The Balaban J connectivity index is 1.59. The molecule has 0 atom stereocenters. The molecule has 3 nitrogen and oxygen atoms in total. The van der Waals surface area contributed by atoms with Gasteiger partial charge in [0.25, 0.3) is 0 Å². The Morgan fingerprint density at radius 2 is 2.19 bits per heavy atom. The number of hydrogen-bond acceptors (Lipinski definition) is 4. The Morgan fingerprint density at radius 3 is 3.10 bits per heavy atom. The molecule has 3 rings (SSSR count). The van der Waals surface area contributed by atoms with Crippen molar-refractivity contribution in [2.75, 3.05) is 11.9 Å². The van der Waals surface area contributed by atoms with Crippen LogP contribution in [-0.4, -0.2) is 16.5 Å². The van der Waals surface area contributed by atoms with Gasteiger partial charge in [0.1, 0.15) is 22.8 Å². The van der Waals surface area contributed by atoms with E-state index in [1.807, 2.05) is 11.4 Å². The normalized spacial score (nSPS) is 10.1. The third-order valence-corrected chi connectivity index (χ3v) is 3.68. The molecule has 0 bridgehead atoms. The number of rotatable bonds is 3. The summed E-state index contributed by atoms with van der Waals surface area (Å²) in [4.78, 5) is 9.40.